The Morgan fingerprint density at radius 2 is 1.89 bits per heavy atom. The van der Waals surface area contributed by atoms with Gasteiger partial charge in [-0.3, -0.25) is 4.79 Å². The second-order valence-electron chi connectivity index (χ2n) is 6.56. The van der Waals surface area contributed by atoms with E-state index >= 15 is 0 Å². The van der Waals surface area contributed by atoms with Gasteiger partial charge < -0.3 is 16.0 Å². The SMILES string of the molecule is CC1CC(NC2CCCCCC2)(C(N)=O)CCN1C. The van der Waals surface area contributed by atoms with E-state index in [1.165, 1.54) is 38.5 Å². The van der Waals surface area contributed by atoms with Crippen LogP contribution < -0.4 is 11.1 Å². The van der Waals surface area contributed by atoms with Gasteiger partial charge in [-0.1, -0.05) is 25.7 Å². The highest BCUT2D eigenvalue weighted by Crippen LogP contribution is 2.28. The molecule has 0 radical (unpaired) electrons. The zero-order chi connectivity index (χ0) is 13.9. The van der Waals surface area contributed by atoms with Crippen molar-refractivity contribution in [2.75, 3.05) is 13.6 Å². The van der Waals surface area contributed by atoms with E-state index in [0.717, 1.165) is 19.4 Å². The molecule has 1 aliphatic heterocycles. The van der Waals surface area contributed by atoms with E-state index in [2.05, 4.69) is 24.2 Å². The first-order valence-electron chi connectivity index (χ1n) is 7.81. The van der Waals surface area contributed by atoms with Crippen LogP contribution in [0.25, 0.3) is 0 Å². The first-order chi connectivity index (χ1) is 9.03. The van der Waals surface area contributed by atoms with Gasteiger partial charge in [0.15, 0.2) is 0 Å². The summed E-state index contributed by atoms with van der Waals surface area (Å²) in [6, 6.07) is 0.894. The third-order valence-corrected chi connectivity index (χ3v) is 5.09. The highest BCUT2D eigenvalue weighted by molar-refractivity contribution is 5.85. The summed E-state index contributed by atoms with van der Waals surface area (Å²) >= 11 is 0. The molecule has 2 fully saturated rings. The van der Waals surface area contributed by atoms with E-state index in [-0.39, 0.29) is 5.91 Å². The maximum Gasteiger partial charge on any atom is 0.237 e. The summed E-state index contributed by atoms with van der Waals surface area (Å²) in [6.07, 6.45) is 9.30. The molecule has 1 saturated carbocycles. The van der Waals surface area contributed by atoms with Crippen molar-refractivity contribution in [3.63, 3.8) is 0 Å². The minimum atomic E-state index is -0.471. The normalized spacial score (nSPS) is 34.9. The Balaban J connectivity index is 2.04. The number of carbonyl (C=O) groups is 1. The average Bonchev–Trinajstić information content (AvgIpc) is 2.62. The monoisotopic (exact) mass is 267 g/mol. The van der Waals surface area contributed by atoms with Crippen molar-refractivity contribution in [1.29, 1.82) is 0 Å². The Morgan fingerprint density at radius 3 is 2.42 bits per heavy atom. The van der Waals surface area contributed by atoms with E-state index in [1.807, 2.05) is 0 Å². The average molecular weight is 267 g/mol. The summed E-state index contributed by atoms with van der Waals surface area (Å²) in [5, 5.41) is 3.66. The van der Waals surface area contributed by atoms with E-state index in [9.17, 15) is 4.79 Å². The minimum absolute atomic E-state index is 0.156. The zero-order valence-corrected chi connectivity index (χ0v) is 12.5. The largest absolute Gasteiger partial charge is 0.368 e. The molecule has 2 atom stereocenters. The number of hydrogen-bond donors (Lipinski definition) is 2. The highest BCUT2D eigenvalue weighted by atomic mass is 16.1. The summed E-state index contributed by atoms with van der Waals surface area (Å²) in [6.45, 7) is 3.13. The minimum Gasteiger partial charge on any atom is -0.368 e. The molecular formula is C15H29N3O. The van der Waals surface area contributed by atoms with Gasteiger partial charge in [0.05, 0.1) is 0 Å². The van der Waals surface area contributed by atoms with Gasteiger partial charge >= 0.3 is 0 Å². The molecule has 110 valence electrons. The molecule has 0 spiro atoms. The van der Waals surface area contributed by atoms with Crippen LogP contribution in [0.15, 0.2) is 0 Å². The van der Waals surface area contributed by atoms with Gasteiger partial charge in [-0.15, -0.1) is 0 Å². The molecule has 0 bridgehead atoms. The Morgan fingerprint density at radius 1 is 1.26 bits per heavy atom. The molecule has 1 amide bonds. The standard InChI is InChI=1S/C15H29N3O/c1-12-11-15(14(16)19,9-10-18(12)2)17-13-7-5-3-4-6-8-13/h12-13,17H,3-11H2,1-2H3,(H2,16,19). The molecule has 1 heterocycles. The fraction of sp³-hybridized carbons (Fsp3) is 0.933. The molecular weight excluding hydrogens is 238 g/mol. The topological polar surface area (TPSA) is 58.4 Å². The smallest absolute Gasteiger partial charge is 0.237 e. The van der Waals surface area contributed by atoms with Crippen molar-refractivity contribution in [3.05, 3.63) is 0 Å². The molecule has 2 rings (SSSR count). The lowest BCUT2D eigenvalue weighted by molar-refractivity contribution is -0.127. The summed E-state index contributed by atoms with van der Waals surface area (Å²) in [4.78, 5) is 14.3. The van der Waals surface area contributed by atoms with Gasteiger partial charge in [0.1, 0.15) is 5.54 Å². The van der Waals surface area contributed by atoms with Gasteiger partial charge in [0.2, 0.25) is 5.91 Å². The number of nitrogens with one attached hydrogen (secondary N) is 1. The molecule has 1 aliphatic carbocycles. The van der Waals surface area contributed by atoms with Gasteiger partial charge in [0.25, 0.3) is 0 Å². The van der Waals surface area contributed by atoms with Crippen LogP contribution in [0, 0.1) is 0 Å². The van der Waals surface area contributed by atoms with Crippen LogP contribution in [-0.4, -0.2) is 42.0 Å². The number of nitrogens with two attached hydrogens (primary N) is 1. The van der Waals surface area contributed by atoms with Crippen molar-refractivity contribution >= 4 is 5.91 Å². The predicted octanol–water partition coefficient (Wildman–Crippen LogP) is 1.64. The second-order valence-corrected chi connectivity index (χ2v) is 6.56. The Bertz CT molecular complexity index is 313. The van der Waals surface area contributed by atoms with E-state index in [1.54, 1.807) is 0 Å². The number of likely N-dealkylation sites (tertiary alicyclic amines) is 1. The number of rotatable bonds is 3. The van der Waals surface area contributed by atoms with Crippen LogP contribution in [0.1, 0.15) is 58.3 Å². The van der Waals surface area contributed by atoms with Crippen molar-refractivity contribution < 1.29 is 4.79 Å². The molecule has 4 heteroatoms. The molecule has 2 aliphatic rings. The van der Waals surface area contributed by atoms with Gasteiger partial charge in [0, 0.05) is 18.6 Å². The lowest BCUT2D eigenvalue weighted by Gasteiger charge is -2.44. The molecule has 19 heavy (non-hydrogen) atoms. The molecule has 1 saturated heterocycles. The second kappa shape index (κ2) is 6.23. The lowest BCUT2D eigenvalue weighted by atomic mass is 9.82. The third-order valence-electron chi connectivity index (χ3n) is 5.09. The first kappa shape index (κ1) is 14.8. The van der Waals surface area contributed by atoms with Crippen LogP contribution in [0.2, 0.25) is 0 Å². The van der Waals surface area contributed by atoms with E-state index in [0.29, 0.717) is 12.1 Å². The van der Waals surface area contributed by atoms with Gasteiger partial charge in [-0.25, -0.2) is 0 Å². The molecule has 0 aromatic carbocycles. The molecule has 0 aromatic rings. The number of carbonyl (C=O) groups excluding carboxylic acids is 1. The number of primary amides is 1. The van der Waals surface area contributed by atoms with E-state index < -0.39 is 5.54 Å². The van der Waals surface area contributed by atoms with Gasteiger partial charge in [-0.05, 0) is 39.7 Å². The van der Waals surface area contributed by atoms with Crippen molar-refractivity contribution in [2.45, 2.75) is 75.9 Å². The van der Waals surface area contributed by atoms with Crippen LogP contribution >= 0.6 is 0 Å². The van der Waals surface area contributed by atoms with Crippen LogP contribution in [0.5, 0.6) is 0 Å². The van der Waals surface area contributed by atoms with E-state index in [4.69, 9.17) is 5.73 Å². The number of amides is 1. The lowest BCUT2D eigenvalue weighted by Crippen LogP contribution is -2.64. The zero-order valence-electron chi connectivity index (χ0n) is 12.5. The summed E-state index contributed by atoms with van der Waals surface area (Å²) in [7, 11) is 2.13. The number of hydrogen-bond acceptors (Lipinski definition) is 3. The third kappa shape index (κ3) is 3.48. The quantitative estimate of drug-likeness (QED) is 0.764. The fourth-order valence-electron chi connectivity index (χ4n) is 3.59. The highest BCUT2D eigenvalue weighted by Gasteiger charge is 2.43. The predicted molar refractivity (Wildman–Crippen MR) is 77.9 cm³/mol. The summed E-state index contributed by atoms with van der Waals surface area (Å²) in [5.41, 5.74) is 5.27. The number of piperidine rings is 1. The van der Waals surface area contributed by atoms with Crippen LogP contribution in [0.3, 0.4) is 0 Å². The van der Waals surface area contributed by atoms with Crippen molar-refractivity contribution in [2.24, 2.45) is 5.73 Å². The van der Waals surface area contributed by atoms with Crippen molar-refractivity contribution in [1.82, 2.24) is 10.2 Å². The Labute approximate surface area is 117 Å². The summed E-state index contributed by atoms with van der Waals surface area (Å²) in [5.74, 6) is -0.156. The molecule has 2 unspecified atom stereocenters. The first-order valence-corrected chi connectivity index (χ1v) is 7.81. The van der Waals surface area contributed by atoms with Gasteiger partial charge in [-0.2, -0.15) is 0 Å². The molecule has 0 aromatic heterocycles. The maximum absolute atomic E-state index is 12.0. The Kier molecular flexibility index (Phi) is 4.85. The molecule has 3 N–H and O–H groups in total. The molecule has 4 nitrogen and oxygen atoms in total. The number of nitrogens with zero attached hydrogens (tertiary/aromatic N) is 1. The summed E-state index contributed by atoms with van der Waals surface area (Å²) < 4.78 is 0. The van der Waals surface area contributed by atoms with Crippen LogP contribution in [-0.2, 0) is 4.79 Å². The van der Waals surface area contributed by atoms with Crippen LogP contribution in [0.4, 0.5) is 0 Å². The maximum atomic E-state index is 12.0. The fourth-order valence-corrected chi connectivity index (χ4v) is 3.59. The van der Waals surface area contributed by atoms with Crippen molar-refractivity contribution in [3.8, 4) is 0 Å². The Hall–Kier alpha value is -0.610.